The Bertz CT molecular complexity index is 911. The van der Waals surface area contributed by atoms with Crippen LogP contribution in [-0.2, 0) is 6.54 Å². The largest absolute Gasteiger partial charge is 0.454 e. The molecule has 9 heteroatoms. The number of nitrogens with two attached hydrogens (primary N) is 1. The fourth-order valence-corrected chi connectivity index (χ4v) is 4.71. The second kappa shape index (κ2) is 9.79. The van der Waals surface area contributed by atoms with Crippen molar-refractivity contribution >= 4 is 17.3 Å². The Hall–Kier alpha value is -2.78. The lowest BCUT2D eigenvalue weighted by atomic mass is 10.1. The summed E-state index contributed by atoms with van der Waals surface area (Å²) in [5.74, 6) is 3.26. The predicted octanol–water partition coefficient (Wildman–Crippen LogP) is 2.01. The summed E-state index contributed by atoms with van der Waals surface area (Å²) in [5.41, 5.74) is 8.35. The summed E-state index contributed by atoms with van der Waals surface area (Å²) in [6.07, 6.45) is 5.59. The van der Waals surface area contributed by atoms with E-state index in [1.54, 1.807) is 6.33 Å². The normalized spacial score (nSPS) is 19.3. The van der Waals surface area contributed by atoms with Crippen molar-refractivity contribution in [3.8, 4) is 11.5 Å². The summed E-state index contributed by atoms with van der Waals surface area (Å²) >= 11 is 0. The maximum Gasteiger partial charge on any atom is 0.231 e. The van der Waals surface area contributed by atoms with Crippen LogP contribution in [0.3, 0.4) is 0 Å². The standard InChI is InChI=1S/C23H33N7O2/c24-21-22(25-6-9-28-7-2-1-3-8-28)26-16-27-23(21)30-12-10-29(11-13-30)15-18-4-5-19-20(14-18)32-17-31-19/h4-5,14,16H,1-3,6-13,15,17,24H2,(H,25,26,27). The van der Waals surface area contributed by atoms with Gasteiger partial charge in [0.2, 0.25) is 6.79 Å². The minimum Gasteiger partial charge on any atom is -0.454 e. The van der Waals surface area contributed by atoms with Gasteiger partial charge in [0.05, 0.1) is 0 Å². The van der Waals surface area contributed by atoms with Crippen molar-refractivity contribution < 1.29 is 9.47 Å². The molecule has 5 rings (SSSR count). The van der Waals surface area contributed by atoms with E-state index in [4.69, 9.17) is 15.2 Å². The lowest BCUT2D eigenvalue weighted by Crippen LogP contribution is -2.46. The second-order valence-electron chi connectivity index (χ2n) is 8.74. The highest BCUT2D eigenvalue weighted by molar-refractivity contribution is 5.75. The summed E-state index contributed by atoms with van der Waals surface area (Å²) in [5, 5.41) is 3.42. The smallest absolute Gasteiger partial charge is 0.231 e. The van der Waals surface area contributed by atoms with Crippen LogP contribution in [0.1, 0.15) is 24.8 Å². The minimum atomic E-state index is 0.312. The molecule has 0 saturated carbocycles. The van der Waals surface area contributed by atoms with Gasteiger partial charge < -0.3 is 30.3 Å². The Morgan fingerprint density at radius 3 is 2.56 bits per heavy atom. The number of piperazine rings is 1. The number of aromatic nitrogens is 2. The van der Waals surface area contributed by atoms with Gasteiger partial charge in [-0.25, -0.2) is 9.97 Å². The van der Waals surface area contributed by atoms with Crippen molar-refractivity contribution in [2.75, 3.05) is 75.1 Å². The zero-order valence-corrected chi connectivity index (χ0v) is 18.6. The van der Waals surface area contributed by atoms with Crippen LogP contribution in [0.25, 0.3) is 0 Å². The summed E-state index contributed by atoms with van der Waals surface area (Å²) < 4.78 is 10.9. The maximum absolute atomic E-state index is 6.46. The maximum atomic E-state index is 6.46. The average Bonchev–Trinajstić information content (AvgIpc) is 3.30. The molecule has 2 aromatic rings. The van der Waals surface area contributed by atoms with Crippen LogP contribution >= 0.6 is 0 Å². The molecule has 0 bridgehead atoms. The minimum absolute atomic E-state index is 0.312. The van der Waals surface area contributed by atoms with Gasteiger partial charge in [-0.2, -0.15) is 0 Å². The van der Waals surface area contributed by atoms with Crippen molar-refractivity contribution in [3.05, 3.63) is 30.1 Å². The van der Waals surface area contributed by atoms with Crippen LogP contribution in [0.4, 0.5) is 17.3 Å². The first-order valence-corrected chi connectivity index (χ1v) is 11.7. The van der Waals surface area contributed by atoms with E-state index in [2.05, 4.69) is 42.1 Å². The topological polar surface area (TPSA) is 92.0 Å². The van der Waals surface area contributed by atoms with Crippen molar-refractivity contribution in [1.82, 2.24) is 19.8 Å². The summed E-state index contributed by atoms with van der Waals surface area (Å²) in [6.45, 7) is 9.16. The van der Waals surface area contributed by atoms with Gasteiger partial charge >= 0.3 is 0 Å². The Kier molecular flexibility index (Phi) is 6.45. The van der Waals surface area contributed by atoms with E-state index in [1.807, 2.05) is 6.07 Å². The third-order valence-corrected chi connectivity index (χ3v) is 6.55. The summed E-state index contributed by atoms with van der Waals surface area (Å²) in [4.78, 5) is 16.1. The number of anilines is 3. The fraction of sp³-hybridized carbons (Fsp3) is 0.565. The first-order chi connectivity index (χ1) is 15.8. The number of piperidine rings is 1. The molecule has 2 saturated heterocycles. The Balaban J connectivity index is 1.13. The molecule has 1 aromatic carbocycles. The number of nitrogen functional groups attached to an aromatic ring is 1. The third kappa shape index (κ3) is 4.83. The Morgan fingerprint density at radius 1 is 0.906 bits per heavy atom. The monoisotopic (exact) mass is 439 g/mol. The highest BCUT2D eigenvalue weighted by Crippen LogP contribution is 2.33. The number of rotatable bonds is 7. The van der Waals surface area contributed by atoms with Crippen LogP contribution in [0.5, 0.6) is 11.5 Å². The number of fused-ring (bicyclic) bond motifs is 1. The molecule has 0 spiro atoms. The molecule has 0 amide bonds. The number of nitrogens with zero attached hydrogens (tertiary/aromatic N) is 5. The average molecular weight is 440 g/mol. The van der Waals surface area contributed by atoms with Crippen molar-refractivity contribution in [1.29, 1.82) is 0 Å². The van der Waals surface area contributed by atoms with Crippen LogP contribution in [-0.4, -0.2) is 78.9 Å². The highest BCUT2D eigenvalue weighted by atomic mass is 16.7. The quantitative estimate of drug-likeness (QED) is 0.672. The van der Waals surface area contributed by atoms with Gasteiger partial charge in [0, 0.05) is 45.8 Å². The number of hydrogen-bond donors (Lipinski definition) is 2. The Morgan fingerprint density at radius 2 is 1.72 bits per heavy atom. The van der Waals surface area contributed by atoms with Gasteiger partial charge in [-0.05, 0) is 43.6 Å². The van der Waals surface area contributed by atoms with E-state index < -0.39 is 0 Å². The zero-order valence-electron chi connectivity index (χ0n) is 18.6. The molecule has 4 heterocycles. The van der Waals surface area contributed by atoms with E-state index in [-0.39, 0.29) is 0 Å². The molecule has 32 heavy (non-hydrogen) atoms. The van der Waals surface area contributed by atoms with Crippen molar-refractivity contribution in [2.24, 2.45) is 0 Å². The lowest BCUT2D eigenvalue weighted by molar-refractivity contribution is 0.174. The van der Waals surface area contributed by atoms with Gasteiger partial charge in [-0.3, -0.25) is 4.90 Å². The SMILES string of the molecule is Nc1c(NCCN2CCCCC2)ncnc1N1CCN(Cc2ccc3c(c2)OCO3)CC1. The summed E-state index contributed by atoms with van der Waals surface area (Å²) in [7, 11) is 0. The summed E-state index contributed by atoms with van der Waals surface area (Å²) in [6, 6.07) is 6.19. The molecule has 1 aromatic heterocycles. The van der Waals surface area contributed by atoms with Crippen LogP contribution in [0.15, 0.2) is 24.5 Å². The highest BCUT2D eigenvalue weighted by Gasteiger charge is 2.22. The molecular weight excluding hydrogens is 406 g/mol. The van der Waals surface area contributed by atoms with Gasteiger partial charge in [0.25, 0.3) is 0 Å². The molecule has 0 atom stereocenters. The number of ether oxygens (including phenoxy) is 2. The van der Waals surface area contributed by atoms with Crippen molar-refractivity contribution in [3.63, 3.8) is 0 Å². The van der Waals surface area contributed by atoms with E-state index in [0.29, 0.717) is 12.5 Å². The van der Waals surface area contributed by atoms with Crippen LogP contribution < -0.4 is 25.4 Å². The van der Waals surface area contributed by atoms with E-state index in [9.17, 15) is 0 Å². The molecule has 0 radical (unpaired) electrons. The fourth-order valence-electron chi connectivity index (χ4n) is 4.71. The molecule has 9 nitrogen and oxygen atoms in total. The van der Waals surface area contributed by atoms with E-state index >= 15 is 0 Å². The molecule has 2 fully saturated rings. The number of nitrogens with one attached hydrogen (secondary N) is 1. The lowest BCUT2D eigenvalue weighted by Gasteiger charge is -2.36. The first-order valence-electron chi connectivity index (χ1n) is 11.7. The van der Waals surface area contributed by atoms with Gasteiger partial charge in [-0.1, -0.05) is 12.5 Å². The zero-order chi connectivity index (χ0) is 21.8. The van der Waals surface area contributed by atoms with E-state index in [1.165, 1.54) is 37.9 Å². The molecule has 3 aliphatic heterocycles. The second-order valence-corrected chi connectivity index (χ2v) is 8.74. The predicted molar refractivity (Wildman–Crippen MR) is 125 cm³/mol. The van der Waals surface area contributed by atoms with Gasteiger partial charge in [0.1, 0.15) is 12.0 Å². The Labute approximate surface area is 189 Å². The number of benzene rings is 1. The first kappa shape index (κ1) is 21.1. The van der Waals surface area contributed by atoms with Gasteiger partial charge in [0.15, 0.2) is 23.1 Å². The molecule has 3 aliphatic rings. The third-order valence-electron chi connectivity index (χ3n) is 6.55. The number of hydrogen-bond acceptors (Lipinski definition) is 9. The molecular formula is C23H33N7O2. The van der Waals surface area contributed by atoms with Crippen molar-refractivity contribution in [2.45, 2.75) is 25.8 Å². The number of likely N-dealkylation sites (tertiary alicyclic amines) is 1. The van der Waals surface area contributed by atoms with Gasteiger partial charge in [-0.15, -0.1) is 0 Å². The molecule has 0 aliphatic carbocycles. The molecule has 172 valence electrons. The van der Waals surface area contributed by atoms with Crippen LogP contribution in [0, 0.1) is 0 Å². The molecule has 0 unspecified atom stereocenters. The van der Waals surface area contributed by atoms with E-state index in [0.717, 1.165) is 68.9 Å². The van der Waals surface area contributed by atoms with Crippen LogP contribution in [0.2, 0.25) is 0 Å². The molecule has 3 N–H and O–H groups in total.